The van der Waals surface area contributed by atoms with Gasteiger partial charge in [0.05, 0.1) is 16.5 Å². The van der Waals surface area contributed by atoms with Crippen LogP contribution in [0, 0.1) is 11.8 Å². The van der Waals surface area contributed by atoms with Crippen molar-refractivity contribution in [3.8, 4) is 0 Å². The highest BCUT2D eigenvalue weighted by Gasteiger charge is 2.33. The smallest absolute Gasteiger partial charge is 0.228 e. The summed E-state index contributed by atoms with van der Waals surface area (Å²) in [5, 5.41) is 6.70. The van der Waals surface area contributed by atoms with Gasteiger partial charge in [-0.05, 0) is 24.1 Å². The molecule has 2 N–H and O–H groups in total. The lowest BCUT2D eigenvalue weighted by Gasteiger charge is -2.19. The van der Waals surface area contributed by atoms with Crippen LogP contribution in [0.25, 0.3) is 0 Å². The molecule has 2 atom stereocenters. The van der Waals surface area contributed by atoms with Crippen molar-refractivity contribution < 1.29 is 14.4 Å². The molecule has 148 valence electrons. The summed E-state index contributed by atoms with van der Waals surface area (Å²) in [5.74, 6) is -0.963. The maximum absolute atomic E-state index is 12.5. The van der Waals surface area contributed by atoms with Crippen LogP contribution in [0.1, 0.15) is 47.6 Å². The van der Waals surface area contributed by atoms with Crippen molar-refractivity contribution in [3.63, 3.8) is 0 Å². The van der Waals surface area contributed by atoms with E-state index in [9.17, 15) is 14.4 Å². The molecule has 8 heteroatoms. The average molecular weight is 420 g/mol. The number of nitrogens with one attached hydrogen (secondary N) is 2. The lowest BCUT2D eigenvalue weighted by molar-refractivity contribution is -0.125. The maximum atomic E-state index is 12.5. The minimum absolute atomic E-state index is 0.102. The number of hydrogen-bond donors (Lipinski definition) is 2. The summed E-state index contributed by atoms with van der Waals surface area (Å²) in [7, 11) is 0. The summed E-state index contributed by atoms with van der Waals surface area (Å²) >= 11 is 7.05. The molecule has 1 aromatic carbocycles. The fraction of sp³-hybridized carbons (Fsp3) is 0.400. The number of carbonyl (C=O) groups is 3. The highest BCUT2D eigenvalue weighted by Crippen LogP contribution is 2.32. The zero-order valence-corrected chi connectivity index (χ0v) is 17.3. The third-order valence-corrected chi connectivity index (χ3v) is 6.17. The topological polar surface area (TPSA) is 88.2 Å². The summed E-state index contributed by atoms with van der Waals surface area (Å²) in [6, 6.07) is 7.23. The van der Waals surface area contributed by atoms with Crippen molar-refractivity contribution in [1.29, 1.82) is 0 Å². The van der Waals surface area contributed by atoms with Crippen molar-refractivity contribution in [1.82, 2.24) is 10.3 Å². The number of anilines is 1. The lowest BCUT2D eigenvalue weighted by Crippen LogP contribution is -2.35. The summed E-state index contributed by atoms with van der Waals surface area (Å²) < 4.78 is 0. The Balaban J connectivity index is 1.63. The second kappa shape index (κ2) is 8.84. The van der Waals surface area contributed by atoms with Gasteiger partial charge in [0.1, 0.15) is 0 Å². The number of ketones is 1. The molecular weight excluding hydrogens is 398 g/mol. The number of aromatic nitrogens is 1. The maximum Gasteiger partial charge on any atom is 0.228 e. The molecule has 2 amide bonds. The fourth-order valence-electron chi connectivity index (χ4n) is 2.92. The lowest BCUT2D eigenvalue weighted by atomic mass is 9.89. The summed E-state index contributed by atoms with van der Waals surface area (Å²) in [4.78, 5) is 42.0. The summed E-state index contributed by atoms with van der Waals surface area (Å²) in [5.41, 5.74) is 1.52. The van der Waals surface area contributed by atoms with Crippen LogP contribution in [0.2, 0.25) is 5.02 Å². The second-order valence-electron chi connectivity index (χ2n) is 6.97. The van der Waals surface area contributed by atoms with Crippen LogP contribution in [0.4, 0.5) is 5.13 Å². The van der Waals surface area contributed by atoms with Gasteiger partial charge < -0.3 is 10.6 Å². The first-order valence-corrected chi connectivity index (χ1v) is 10.4. The Morgan fingerprint density at radius 2 is 2.00 bits per heavy atom. The zero-order chi connectivity index (χ0) is 20.3. The normalized spacial score (nSPS) is 17.0. The van der Waals surface area contributed by atoms with Crippen molar-refractivity contribution in [3.05, 3.63) is 45.4 Å². The van der Waals surface area contributed by atoms with Crippen LogP contribution >= 0.6 is 22.9 Å². The van der Waals surface area contributed by atoms with Crippen molar-refractivity contribution >= 4 is 45.7 Å². The van der Waals surface area contributed by atoms with E-state index in [0.29, 0.717) is 33.7 Å². The minimum atomic E-state index is -0.451. The third-order valence-electron chi connectivity index (χ3n) is 4.86. The fourth-order valence-corrected chi connectivity index (χ4v) is 3.99. The quantitative estimate of drug-likeness (QED) is 0.744. The van der Waals surface area contributed by atoms with E-state index in [2.05, 4.69) is 15.6 Å². The van der Waals surface area contributed by atoms with Gasteiger partial charge in [0.2, 0.25) is 11.8 Å². The van der Waals surface area contributed by atoms with Crippen LogP contribution in [0.3, 0.4) is 0 Å². The predicted octanol–water partition coefficient (Wildman–Crippen LogP) is 3.84. The molecule has 0 fully saturated rings. The van der Waals surface area contributed by atoms with Gasteiger partial charge in [0.25, 0.3) is 0 Å². The molecule has 3 rings (SSSR count). The molecule has 1 heterocycles. The van der Waals surface area contributed by atoms with Gasteiger partial charge >= 0.3 is 0 Å². The third kappa shape index (κ3) is 4.77. The number of Topliss-reactive ketones (excluding diaryl/α,β-unsaturated/α-hetero) is 1. The van der Waals surface area contributed by atoms with Crippen molar-refractivity contribution in [2.45, 2.75) is 39.7 Å². The monoisotopic (exact) mass is 419 g/mol. The minimum Gasteiger partial charge on any atom is -0.352 e. The number of thiazole rings is 1. The predicted molar refractivity (Wildman–Crippen MR) is 110 cm³/mol. The number of halogens is 1. The van der Waals surface area contributed by atoms with Gasteiger partial charge in [-0.1, -0.05) is 48.9 Å². The first kappa shape index (κ1) is 20.5. The van der Waals surface area contributed by atoms with E-state index in [0.717, 1.165) is 12.0 Å². The molecule has 0 saturated carbocycles. The zero-order valence-electron chi connectivity index (χ0n) is 15.8. The van der Waals surface area contributed by atoms with Gasteiger partial charge in [-0.25, -0.2) is 4.98 Å². The number of amides is 2. The summed E-state index contributed by atoms with van der Waals surface area (Å²) in [6.45, 7) is 4.16. The van der Waals surface area contributed by atoms with Gasteiger partial charge in [-0.2, -0.15) is 0 Å². The molecule has 1 aromatic heterocycles. The molecular formula is C20H22ClN3O3S. The molecule has 0 aliphatic heterocycles. The van der Waals surface area contributed by atoms with Gasteiger partial charge in [-0.15, -0.1) is 0 Å². The van der Waals surface area contributed by atoms with Crippen molar-refractivity contribution in [2.75, 3.05) is 5.32 Å². The number of carbonyl (C=O) groups excluding carboxylic acids is 3. The standard InChI is InChI=1S/C20H22ClN3O3S/c1-3-11(2)18(26)24-20-23-15-8-13(9-16(25)17(15)28-20)19(27)22-10-12-4-6-14(21)7-5-12/h4-7,11,13H,3,8-10H2,1-2H3,(H,22,27)(H,23,24,26)/t11-,13-/m1/s1. The van der Waals surface area contributed by atoms with Crippen LogP contribution in [0.15, 0.2) is 24.3 Å². The Morgan fingerprint density at radius 3 is 2.68 bits per heavy atom. The Morgan fingerprint density at radius 1 is 1.29 bits per heavy atom. The van der Waals surface area contributed by atoms with E-state index in [1.165, 1.54) is 11.3 Å². The molecule has 28 heavy (non-hydrogen) atoms. The number of fused-ring (bicyclic) bond motifs is 1. The molecule has 0 spiro atoms. The Labute approximate surface area is 172 Å². The first-order chi connectivity index (χ1) is 13.4. The van der Waals surface area contributed by atoms with E-state index in [1.54, 1.807) is 12.1 Å². The molecule has 0 radical (unpaired) electrons. The van der Waals surface area contributed by atoms with Gasteiger partial charge in [0, 0.05) is 30.3 Å². The van der Waals surface area contributed by atoms with Crippen LogP contribution in [-0.4, -0.2) is 22.6 Å². The van der Waals surface area contributed by atoms with E-state index >= 15 is 0 Å². The van der Waals surface area contributed by atoms with Gasteiger partial charge in [-0.3, -0.25) is 14.4 Å². The highest BCUT2D eigenvalue weighted by molar-refractivity contribution is 7.17. The number of benzene rings is 1. The highest BCUT2D eigenvalue weighted by atomic mass is 35.5. The van der Waals surface area contributed by atoms with Crippen LogP contribution < -0.4 is 10.6 Å². The molecule has 0 bridgehead atoms. The molecule has 2 aromatic rings. The first-order valence-electron chi connectivity index (χ1n) is 9.23. The Kier molecular flexibility index (Phi) is 6.46. The van der Waals surface area contributed by atoms with E-state index in [1.807, 2.05) is 26.0 Å². The number of nitrogens with zero attached hydrogens (tertiary/aromatic N) is 1. The van der Waals surface area contributed by atoms with E-state index < -0.39 is 5.92 Å². The van der Waals surface area contributed by atoms with Crippen molar-refractivity contribution in [2.24, 2.45) is 11.8 Å². The Hall–Kier alpha value is -2.25. The van der Waals surface area contributed by atoms with E-state index in [4.69, 9.17) is 11.6 Å². The SMILES string of the molecule is CC[C@@H](C)C(=O)Nc1nc2c(s1)C(=O)C[C@H](C(=O)NCc1ccc(Cl)cc1)C2. The Bertz CT molecular complexity index is 895. The molecule has 6 nitrogen and oxygen atoms in total. The van der Waals surface area contributed by atoms with Gasteiger partial charge in [0.15, 0.2) is 10.9 Å². The molecule has 0 saturated heterocycles. The summed E-state index contributed by atoms with van der Waals surface area (Å²) in [6.07, 6.45) is 1.27. The average Bonchev–Trinajstić information content (AvgIpc) is 3.09. The van der Waals surface area contributed by atoms with E-state index in [-0.39, 0.29) is 29.9 Å². The largest absolute Gasteiger partial charge is 0.352 e. The number of hydrogen-bond acceptors (Lipinski definition) is 5. The number of rotatable bonds is 6. The second-order valence-corrected chi connectivity index (χ2v) is 8.40. The van der Waals surface area contributed by atoms with Crippen LogP contribution in [0.5, 0.6) is 0 Å². The molecule has 1 aliphatic carbocycles. The van der Waals surface area contributed by atoms with Crippen LogP contribution in [-0.2, 0) is 22.6 Å². The molecule has 0 unspecified atom stereocenters. The molecule has 1 aliphatic rings.